The van der Waals surface area contributed by atoms with E-state index >= 15 is 0 Å². The minimum absolute atomic E-state index is 0.0607. The average molecular weight is 245 g/mol. The van der Waals surface area contributed by atoms with Crippen LogP contribution in [0.2, 0.25) is 0 Å². The largest absolute Gasteiger partial charge is 0.294 e. The zero-order valence-electron chi connectivity index (χ0n) is 10.2. The molecule has 4 nitrogen and oxygen atoms in total. The van der Waals surface area contributed by atoms with Crippen LogP contribution in [0, 0.1) is 16.0 Å². The number of allylic oxidation sites excluding steroid dienone is 2. The number of non-ortho nitro benzene ring substituents is 1. The highest BCUT2D eigenvalue weighted by Gasteiger charge is 2.29. The first kappa shape index (κ1) is 12.5. The molecule has 0 saturated heterocycles. The van der Waals surface area contributed by atoms with Gasteiger partial charge in [0.1, 0.15) is 0 Å². The Labute approximate surface area is 105 Å². The zero-order chi connectivity index (χ0) is 13.1. The van der Waals surface area contributed by atoms with E-state index in [-0.39, 0.29) is 17.4 Å². The van der Waals surface area contributed by atoms with Crippen LogP contribution >= 0.6 is 0 Å². The van der Waals surface area contributed by atoms with Crippen molar-refractivity contribution in [1.82, 2.24) is 0 Å². The lowest BCUT2D eigenvalue weighted by Crippen LogP contribution is -2.22. The molecule has 1 aromatic carbocycles. The molecule has 0 radical (unpaired) electrons. The van der Waals surface area contributed by atoms with E-state index in [0.717, 1.165) is 18.4 Å². The molecule has 2 rings (SSSR count). The third-order valence-electron chi connectivity index (χ3n) is 3.49. The smallest absolute Gasteiger partial charge is 0.269 e. The van der Waals surface area contributed by atoms with Crippen LogP contribution in [0.1, 0.15) is 31.2 Å². The summed E-state index contributed by atoms with van der Waals surface area (Å²) in [5.74, 6) is 0.242. The van der Waals surface area contributed by atoms with Gasteiger partial charge in [0, 0.05) is 18.1 Å². The molecule has 0 spiro atoms. The fourth-order valence-corrected chi connectivity index (χ4v) is 2.47. The van der Waals surface area contributed by atoms with E-state index in [1.807, 2.05) is 6.08 Å². The van der Waals surface area contributed by atoms with Gasteiger partial charge in [0.15, 0.2) is 5.78 Å². The molecular weight excluding hydrogens is 230 g/mol. The molecule has 4 heteroatoms. The second-order valence-corrected chi connectivity index (χ2v) is 4.54. The third kappa shape index (κ3) is 2.32. The number of nitro groups is 1. The minimum Gasteiger partial charge on any atom is -0.294 e. The lowest BCUT2D eigenvalue weighted by Gasteiger charge is -2.26. The number of carbonyl (C=O) groups is 1. The Morgan fingerprint density at radius 3 is 2.56 bits per heavy atom. The van der Waals surface area contributed by atoms with Crippen LogP contribution in [-0.2, 0) is 4.79 Å². The predicted octanol–water partition coefficient (Wildman–Crippen LogP) is 3.23. The molecule has 2 atom stereocenters. The van der Waals surface area contributed by atoms with E-state index < -0.39 is 4.92 Å². The molecule has 1 aromatic rings. The predicted molar refractivity (Wildman–Crippen MR) is 68.4 cm³/mol. The van der Waals surface area contributed by atoms with Crippen LogP contribution in [0.4, 0.5) is 5.69 Å². The molecule has 0 fully saturated rings. The number of nitro benzene ring substituents is 1. The summed E-state index contributed by atoms with van der Waals surface area (Å²) in [6.45, 7) is 2.06. The van der Waals surface area contributed by atoms with E-state index in [1.165, 1.54) is 12.1 Å². The molecule has 0 heterocycles. The van der Waals surface area contributed by atoms with Crippen molar-refractivity contribution in [1.29, 1.82) is 0 Å². The Bertz CT molecular complexity index is 490. The SMILES string of the molecule is CC[C@@H]1CC=CC(=O)[C@H]1c1ccc([N+](=O)[O-])cc1. The molecular formula is C14H15NO3. The zero-order valence-corrected chi connectivity index (χ0v) is 10.2. The van der Waals surface area contributed by atoms with E-state index in [1.54, 1.807) is 18.2 Å². The van der Waals surface area contributed by atoms with E-state index in [9.17, 15) is 14.9 Å². The molecule has 0 saturated carbocycles. The van der Waals surface area contributed by atoms with Gasteiger partial charge in [-0.2, -0.15) is 0 Å². The highest BCUT2D eigenvalue weighted by Crippen LogP contribution is 2.34. The number of hydrogen-bond acceptors (Lipinski definition) is 3. The van der Waals surface area contributed by atoms with Gasteiger partial charge in [-0.1, -0.05) is 31.6 Å². The summed E-state index contributed by atoms with van der Waals surface area (Å²) in [5, 5.41) is 10.6. The van der Waals surface area contributed by atoms with Crippen molar-refractivity contribution >= 4 is 11.5 Å². The number of rotatable bonds is 3. The number of hydrogen-bond donors (Lipinski definition) is 0. The van der Waals surface area contributed by atoms with Gasteiger partial charge in [-0.3, -0.25) is 14.9 Å². The van der Waals surface area contributed by atoms with Gasteiger partial charge in [0.05, 0.1) is 4.92 Å². The van der Waals surface area contributed by atoms with E-state index in [2.05, 4.69) is 6.92 Å². The van der Waals surface area contributed by atoms with Gasteiger partial charge in [0.2, 0.25) is 0 Å². The first-order chi connectivity index (χ1) is 8.63. The molecule has 1 aliphatic carbocycles. The highest BCUT2D eigenvalue weighted by atomic mass is 16.6. The second kappa shape index (κ2) is 5.12. The highest BCUT2D eigenvalue weighted by molar-refractivity contribution is 5.96. The number of carbonyl (C=O) groups excluding carboxylic acids is 1. The summed E-state index contributed by atoms with van der Waals surface area (Å²) < 4.78 is 0. The standard InChI is InChI=1S/C14H15NO3/c1-2-10-4-3-5-13(16)14(10)11-6-8-12(9-7-11)15(17)18/h3,5-10,14H,2,4H2,1H3/t10-,14-/m1/s1. The van der Waals surface area contributed by atoms with Gasteiger partial charge in [-0.05, 0) is 24.0 Å². The summed E-state index contributed by atoms with van der Waals surface area (Å²) in [6, 6.07) is 6.33. The Morgan fingerprint density at radius 2 is 2.00 bits per heavy atom. The maximum absolute atomic E-state index is 12.0. The van der Waals surface area contributed by atoms with Crippen LogP contribution in [0.3, 0.4) is 0 Å². The molecule has 0 amide bonds. The average Bonchev–Trinajstić information content (AvgIpc) is 2.38. The Morgan fingerprint density at radius 1 is 1.33 bits per heavy atom. The van der Waals surface area contributed by atoms with E-state index in [0.29, 0.717) is 5.92 Å². The maximum atomic E-state index is 12.0. The second-order valence-electron chi connectivity index (χ2n) is 4.54. The number of ketones is 1. The van der Waals surface area contributed by atoms with Gasteiger partial charge < -0.3 is 0 Å². The summed E-state index contributed by atoms with van der Waals surface area (Å²) in [4.78, 5) is 22.1. The monoisotopic (exact) mass is 245 g/mol. The van der Waals surface area contributed by atoms with Gasteiger partial charge in [-0.15, -0.1) is 0 Å². The van der Waals surface area contributed by atoms with Crippen molar-refractivity contribution in [2.24, 2.45) is 5.92 Å². The van der Waals surface area contributed by atoms with Crippen molar-refractivity contribution in [3.05, 3.63) is 52.1 Å². The lowest BCUT2D eigenvalue weighted by atomic mass is 9.76. The molecule has 18 heavy (non-hydrogen) atoms. The van der Waals surface area contributed by atoms with Gasteiger partial charge in [-0.25, -0.2) is 0 Å². The van der Waals surface area contributed by atoms with Crippen LogP contribution in [0.15, 0.2) is 36.4 Å². The first-order valence-electron chi connectivity index (χ1n) is 6.08. The molecule has 0 bridgehead atoms. The van der Waals surface area contributed by atoms with Crippen molar-refractivity contribution in [3.8, 4) is 0 Å². The topological polar surface area (TPSA) is 60.2 Å². The summed E-state index contributed by atoms with van der Waals surface area (Å²) in [7, 11) is 0. The Kier molecular flexibility index (Phi) is 3.55. The van der Waals surface area contributed by atoms with Crippen molar-refractivity contribution in [3.63, 3.8) is 0 Å². The van der Waals surface area contributed by atoms with Crippen molar-refractivity contribution in [2.75, 3.05) is 0 Å². The quantitative estimate of drug-likeness (QED) is 0.606. The number of benzene rings is 1. The minimum atomic E-state index is -0.427. The van der Waals surface area contributed by atoms with Crippen LogP contribution in [0.25, 0.3) is 0 Å². The van der Waals surface area contributed by atoms with E-state index in [4.69, 9.17) is 0 Å². The lowest BCUT2D eigenvalue weighted by molar-refractivity contribution is -0.384. The third-order valence-corrected chi connectivity index (χ3v) is 3.49. The van der Waals surface area contributed by atoms with Gasteiger partial charge >= 0.3 is 0 Å². The summed E-state index contributed by atoms with van der Waals surface area (Å²) in [6.07, 6.45) is 5.36. The maximum Gasteiger partial charge on any atom is 0.269 e. The van der Waals surface area contributed by atoms with Gasteiger partial charge in [0.25, 0.3) is 5.69 Å². The van der Waals surface area contributed by atoms with Crippen molar-refractivity contribution < 1.29 is 9.72 Å². The molecule has 94 valence electrons. The fourth-order valence-electron chi connectivity index (χ4n) is 2.47. The first-order valence-corrected chi connectivity index (χ1v) is 6.08. The van der Waals surface area contributed by atoms with Crippen LogP contribution in [0.5, 0.6) is 0 Å². The number of nitrogens with zero attached hydrogens (tertiary/aromatic N) is 1. The summed E-state index contributed by atoms with van der Waals surface area (Å²) >= 11 is 0. The molecule has 0 unspecified atom stereocenters. The molecule has 0 N–H and O–H groups in total. The van der Waals surface area contributed by atoms with Crippen LogP contribution in [-0.4, -0.2) is 10.7 Å². The fraction of sp³-hybridized carbons (Fsp3) is 0.357. The van der Waals surface area contributed by atoms with Crippen molar-refractivity contribution in [2.45, 2.75) is 25.7 Å². The molecule has 1 aliphatic rings. The summed E-state index contributed by atoms with van der Waals surface area (Å²) in [5.41, 5.74) is 0.937. The normalized spacial score (nSPS) is 23.1. The molecule has 0 aliphatic heterocycles. The van der Waals surface area contributed by atoms with Crippen LogP contribution < -0.4 is 0 Å². The Hall–Kier alpha value is -1.97. The Balaban J connectivity index is 2.31. The molecule has 0 aromatic heterocycles.